The Balaban J connectivity index is 1.48. The van der Waals surface area contributed by atoms with Crippen LogP contribution in [0.2, 0.25) is 0 Å². The first-order valence-corrected chi connectivity index (χ1v) is 8.48. The van der Waals surface area contributed by atoms with Gasteiger partial charge in [-0.05, 0) is 25.3 Å². The average molecular weight is 316 g/mol. The molecule has 0 aromatic heterocycles. The molecule has 2 amide bonds. The zero-order chi connectivity index (χ0) is 16.2. The zero-order valence-electron chi connectivity index (χ0n) is 13.3. The van der Waals surface area contributed by atoms with Crippen LogP contribution in [0.15, 0.2) is 24.3 Å². The summed E-state index contributed by atoms with van der Waals surface area (Å²) >= 11 is 0. The van der Waals surface area contributed by atoms with E-state index in [9.17, 15) is 14.7 Å². The van der Waals surface area contributed by atoms with Crippen molar-refractivity contribution in [2.75, 3.05) is 13.1 Å². The topological polar surface area (TPSA) is 69.6 Å². The summed E-state index contributed by atoms with van der Waals surface area (Å²) in [5, 5.41) is 12.7. The summed E-state index contributed by atoms with van der Waals surface area (Å²) in [6.45, 7) is 1.35. The fourth-order valence-corrected chi connectivity index (χ4v) is 3.62. The number of hydrogen-bond acceptors (Lipinski definition) is 3. The molecule has 1 saturated heterocycles. The lowest BCUT2D eigenvalue weighted by Crippen LogP contribution is -2.40. The Kier molecular flexibility index (Phi) is 4.84. The summed E-state index contributed by atoms with van der Waals surface area (Å²) in [7, 11) is 0. The Hall–Kier alpha value is -2.04. The van der Waals surface area contributed by atoms with Crippen molar-refractivity contribution in [3.8, 4) is 5.75 Å². The molecule has 0 radical (unpaired) electrons. The van der Waals surface area contributed by atoms with Crippen molar-refractivity contribution < 1.29 is 14.7 Å². The van der Waals surface area contributed by atoms with E-state index in [-0.39, 0.29) is 35.9 Å². The maximum absolute atomic E-state index is 12.4. The highest BCUT2D eigenvalue weighted by molar-refractivity contribution is 5.81. The monoisotopic (exact) mass is 316 g/mol. The first kappa shape index (κ1) is 15.8. The molecule has 3 rings (SSSR count). The van der Waals surface area contributed by atoms with Crippen molar-refractivity contribution in [2.24, 2.45) is 5.92 Å². The molecule has 0 bridgehead atoms. The van der Waals surface area contributed by atoms with Gasteiger partial charge in [-0.1, -0.05) is 31.0 Å². The van der Waals surface area contributed by atoms with Gasteiger partial charge in [-0.3, -0.25) is 9.59 Å². The lowest BCUT2D eigenvalue weighted by atomic mass is 10.1. The molecule has 2 fully saturated rings. The fraction of sp³-hybridized carbons (Fsp3) is 0.556. The summed E-state index contributed by atoms with van der Waals surface area (Å²) in [4.78, 5) is 26.4. The van der Waals surface area contributed by atoms with Crippen LogP contribution < -0.4 is 5.32 Å². The molecule has 2 N–H and O–H groups in total. The number of rotatable bonds is 4. The van der Waals surface area contributed by atoms with Crippen LogP contribution in [0.4, 0.5) is 0 Å². The van der Waals surface area contributed by atoms with Crippen molar-refractivity contribution >= 4 is 11.8 Å². The molecule has 1 saturated carbocycles. The van der Waals surface area contributed by atoms with Crippen LogP contribution in [0.3, 0.4) is 0 Å². The van der Waals surface area contributed by atoms with E-state index in [1.54, 1.807) is 24.3 Å². The molecule has 2 aliphatic rings. The lowest BCUT2D eigenvalue weighted by Gasteiger charge is -2.20. The van der Waals surface area contributed by atoms with Crippen molar-refractivity contribution in [1.29, 1.82) is 0 Å². The quantitative estimate of drug-likeness (QED) is 0.890. The summed E-state index contributed by atoms with van der Waals surface area (Å²) < 4.78 is 0. The van der Waals surface area contributed by atoms with Gasteiger partial charge in [-0.15, -0.1) is 0 Å². The third-order valence-corrected chi connectivity index (χ3v) is 4.91. The van der Waals surface area contributed by atoms with E-state index in [0.717, 1.165) is 38.6 Å². The largest absolute Gasteiger partial charge is 0.508 e. The number of phenolic OH excluding ortho intramolecular Hbond substituents is 1. The maximum Gasteiger partial charge on any atom is 0.225 e. The molecule has 1 aliphatic carbocycles. The van der Waals surface area contributed by atoms with Crippen LogP contribution in [0.5, 0.6) is 5.75 Å². The molecule has 1 aliphatic heterocycles. The normalized spacial score (nSPS) is 21.6. The SMILES string of the molecule is O=C(Cc1ccccc1O)N[C@@H]1CCN(C(=O)C2CCCC2)C1. The number of likely N-dealkylation sites (tertiary alicyclic amines) is 1. The van der Waals surface area contributed by atoms with E-state index in [1.807, 2.05) is 4.90 Å². The van der Waals surface area contributed by atoms with Crippen LogP contribution in [0.1, 0.15) is 37.7 Å². The van der Waals surface area contributed by atoms with E-state index >= 15 is 0 Å². The predicted molar refractivity (Wildman–Crippen MR) is 86.9 cm³/mol. The molecule has 124 valence electrons. The molecule has 1 heterocycles. The van der Waals surface area contributed by atoms with Crippen molar-refractivity contribution in [3.63, 3.8) is 0 Å². The minimum atomic E-state index is -0.105. The third kappa shape index (κ3) is 3.84. The van der Waals surface area contributed by atoms with Gasteiger partial charge >= 0.3 is 0 Å². The van der Waals surface area contributed by atoms with Gasteiger partial charge in [0.2, 0.25) is 11.8 Å². The van der Waals surface area contributed by atoms with Gasteiger partial charge in [0.25, 0.3) is 0 Å². The van der Waals surface area contributed by atoms with E-state index in [1.165, 1.54) is 0 Å². The molecular formula is C18H24N2O3. The molecule has 5 heteroatoms. The Morgan fingerprint density at radius 2 is 1.91 bits per heavy atom. The molecule has 1 atom stereocenters. The lowest BCUT2D eigenvalue weighted by molar-refractivity contribution is -0.134. The second-order valence-electron chi connectivity index (χ2n) is 6.62. The average Bonchev–Trinajstić information content (AvgIpc) is 3.20. The van der Waals surface area contributed by atoms with Gasteiger partial charge in [0, 0.05) is 30.6 Å². The van der Waals surface area contributed by atoms with E-state index in [4.69, 9.17) is 0 Å². The van der Waals surface area contributed by atoms with Crippen LogP contribution in [-0.4, -0.2) is 41.0 Å². The second kappa shape index (κ2) is 7.02. The molecule has 0 spiro atoms. The number of para-hydroxylation sites is 1. The first-order valence-electron chi connectivity index (χ1n) is 8.48. The summed E-state index contributed by atoms with van der Waals surface area (Å²) in [6, 6.07) is 6.90. The molecule has 23 heavy (non-hydrogen) atoms. The van der Waals surface area contributed by atoms with Gasteiger partial charge in [0.15, 0.2) is 0 Å². The van der Waals surface area contributed by atoms with Crippen molar-refractivity contribution in [3.05, 3.63) is 29.8 Å². The first-order chi connectivity index (χ1) is 11.1. The number of carbonyl (C=O) groups excluding carboxylic acids is 2. The molecule has 1 aromatic rings. The highest BCUT2D eigenvalue weighted by Gasteiger charge is 2.32. The predicted octanol–water partition coefficient (Wildman–Crippen LogP) is 1.84. The number of phenols is 1. The third-order valence-electron chi connectivity index (χ3n) is 4.91. The zero-order valence-corrected chi connectivity index (χ0v) is 13.3. The highest BCUT2D eigenvalue weighted by Crippen LogP contribution is 2.27. The fourth-order valence-electron chi connectivity index (χ4n) is 3.62. The Labute approximate surface area is 136 Å². The number of aromatic hydroxyl groups is 1. The number of hydrogen-bond donors (Lipinski definition) is 2. The standard InChI is InChI=1S/C18H24N2O3/c21-16-8-4-3-7-14(16)11-17(22)19-15-9-10-20(12-15)18(23)13-5-1-2-6-13/h3-4,7-8,13,15,21H,1-2,5-6,9-12H2,(H,19,22)/t15-/m1/s1. The van der Waals surface area contributed by atoms with Gasteiger partial charge in [-0.2, -0.15) is 0 Å². The van der Waals surface area contributed by atoms with Gasteiger partial charge < -0.3 is 15.3 Å². The molecular weight excluding hydrogens is 292 g/mol. The summed E-state index contributed by atoms with van der Waals surface area (Å²) in [6.07, 6.45) is 5.32. The number of nitrogens with one attached hydrogen (secondary N) is 1. The van der Waals surface area contributed by atoms with E-state index < -0.39 is 0 Å². The van der Waals surface area contributed by atoms with Gasteiger partial charge in [0.05, 0.1) is 6.42 Å². The minimum Gasteiger partial charge on any atom is -0.508 e. The van der Waals surface area contributed by atoms with Crippen LogP contribution in [-0.2, 0) is 16.0 Å². The number of benzene rings is 1. The number of amides is 2. The van der Waals surface area contributed by atoms with Crippen LogP contribution in [0, 0.1) is 5.92 Å². The molecule has 1 aromatic carbocycles. The van der Waals surface area contributed by atoms with E-state index in [0.29, 0.717) is 12.1 Å². The Morgan fingerprint density at radius 1 is 1.17 bits per heavy atom. The summed E-state index contributed by atoms with van der Waals surface area (Å²) in [5.74, 6) is 0.504. The van der Waals surface area contributed by atoms with Crippen molar-refractivity contribution in [2.45, 2.75) is 44.6 Å². The number of carbonyl (C=O) groups is 2. The summed E-state index contributed by atoms with van der Waals surface area (Å²) in [5.41, 5.74) is 0.627. The maximum atomic E-state index is 12.4. The van der Waals surface area contributed by atoms with Gasteiger partial charge in [-0.25, -0.2) is 0 Å². The molecule has 5 nitrogen and oxygen atoms in total. The highest BCUT2D eigenvalue weighted by atomic mass is 16.3. The Morgan fingerprint density at radius 3 is 2.65 bits per heavy atom. The molecule has 0 unspecified atom stereocenters. The minimum absolute atomic E-state index is 0.0266. The van der Waals surface area contributed by atoms with Crippen molar-refractivity contribution in [1.82, 2.24) is 10.2 Å². The van der Waals surface area contributed by atoms with Gasteiger partial charge in [0.1, 0.15) is 5.75 Å². The second-order valence-corrected chi connectivity index (χ2v) is 6.62. The van der Waals surface area contributed by atoms with Crippen LogP contribution >= 0.6 is 0 Å². The number of nitrogens with zero attached hydrogens (tertiary/aromatic N) is 1. The Bertz CT molecular complexity index is 581. The van der Waals surface area contributed by atoms with Crippen LogP contribution in [0.25, 0.3) is 0 Å². The smallest absolute Gasteiger partial charge is 0.225 e. The van der Waals surface area contributed by atoms with E-state index in [2.05, 4.69) is 5.32 Å².